The molecule has 5 rings (SSSR count). The lowest BCUT2D eigenvalue weighted by molar-refractivity contribution is -0.134. The molecule has 2 aromatic carbocycles. The number of nitrogens with one attached hydrogen (secondary N) is 1. The van der Waals surface area contributed by atoms with Crippen molar-refractivity contribution in [3.8, 4) is 11.8 Å². The number of hydrogen-bond acceptors (Lipinski definition) is 8. The van der Waals surface area contributed by atoms with E-state index >= 15 is 0 Å². The van der Waals surface area contributed by atoms with Gasteiger partial charge >= 0.3 is 6.09 Å². The highest BCUT2D eigenvalue weighted by molar-refractivity contribution is 5.96. The summed E-state index contributed by atoms with van der Waals surface area (Å²) in [7, 11) is 0. The molecule has 1 amide bonds. The average Bonchev–Trinajstić information content (AvgIpc) is 3.45. The standard InChI is InChI=1S/C30H29F3N6O3/c1-2-39(29(41)42-23-7-4-21(31)5-8-23)30(18-35-17-24(30)20-3-9-25(32)26(33)15-20)28(40)19-11-13-38(14-12-19)27-10-6-22(16-34)36-37-27/h3-10,15,19,24,35H,2,11-14,17-18H2,1H3/t24-,30+/m0/s1. The van der Waals surface area contributed by atoms with E-state index in [0.29, 0.717) is 37.3 Å². The van der Waals surface area contributed by atoms with Crippen LogP contribution < -0.4 is 15.0 Å². The molecule has 0 radical (unpaired) electrons. The van der Waals surface area contributed by atoms with Crippen molar-refractivity contribution in [2.24, 2.45) is 5.92 Å². The summed E-state index contributed by atoms with van der Waals surface area (Å²) in [4.78, 5) is 31.6. The molecule has 0 aliphatic carbocycles. The SMILES string of the molecule is CCN(C(=O)Oc1ccc(F)cc1)[C@]1(C(=O)C2CCN(c3ccc(C#N)nn3)CC2)CNC[C@H]1c1ccc(F)c(F)c1. The zero-order valence-corrected chi connectivity index (χ0v) is 22.9. The Morgan fingerprint density at radius 2 is 1.81 bits per heavy atom. The predicted octanol–water partition coefficient (Wildman–Crippen LogP) is 4.20. The third-order valence-electron chi connectivity index (χ3n) is 8.08. The van der Waals surface area contributed by atoms with Crippen LogP contribution in [0.4, 0.5) is 23.8 Å². The Morgan fingerprint density at radius 1 is 1.07 bits per heavy atom. The molecule has 0 saturated carbocycles. The number of nitriles is 1. The molecule has 218 valence electrons. The highest BCUT2D eigenvalue weighted by atomic mass is 19.2. The first-order valence-corrected chi connectivity index (χ1v) is 13.7. The average molecular weight is 579 g/mol. The number of Topliss-reactive ketones (excluding diaryl/α,β-unsaturated/α-hetero) is 1. The van der Waals surface area contributed by atoms with E-state index in [1.165, 1.54) is 23.1 Å². The monoisotopic (exact) mass is 578 g/mol. The molecule has 0 unspecified atom stereocenters. The van der Waals surface area contributed by atoms with Gasteiger partial charge < -0.3 is 15.0 Å². The summed E-state index contributed by atoms with van der Waals surface area (Å²) >= 11 is 0. The van der Waals surface area contributed by atoms with E-state index < -0.39 is 40.9 Å². The molecule has 1 aromatic heterocycles. The third kappa shape index (κ3) is 5.52. The molecule has 2 aliphatic heterocycles. The van der Waals surface area contributed by atoms with Gasteiger partial charge in [0, 0.05) is 44.6 Å². The summed E-state index contributed by atoms with van der Waals surface area (Å²) in [5.41, 5.74) is -0.877. The van der Waals surface area contributed by atoms with Crippen molar-refractivity contribution < 1.29 is 27.5 Å². The molecule has 0 spiro atoms. The molecule has 2 aliphatic rings. The quantitative estimate of drug-likeness (QED) is 0.444. The minimum atomic E-state index is -1.46. The Bertz CT molecular complexity index is 1490. The highest BCUT2D eigenvalue weighted by Crippen LogP contribution is 2.42. The molecule has 0 bridgehead atoms. The van der Waals surface area contributed by atoms with Crippen LogP contribution in [-0.4, -0.2) is 65.2 Å². The number of amides is 1. The van der Waals surface area contributed by atoms with E-state index in [1.807, 2.05) is 11.0 Å². The molecule has 2 atom stereocenters. The Balaban J connectivity index is 1.46. The van der Waals surface area contributed by atoms with Crippen molar-refractivity contribution in [1.29, 1.82) is 5.26 Å². The van der Waals surface area contributed by atoms with Gasteiger partial charge in [0.2, 0.25) is 0 Å². The summed E-state index contributed by atoms with van der Waals surface area (Å²) in [6.45, 7) is 3.12. The van der Waals surface area contributed by atoms with Crippen LogP contribution in [0.25, 0.3) is 0 Å². The first-order chi connectivity index (χ1) is 20.3. The van der Waals surface area contributed by atoms with Gasteiger partial charge in [0.25, 0.3) is 0 Å². The van der Waals surface area contributed by atoms with E-state index in [0.717, 1.165) is 24.3 Å². The van der Waals surface area contributed by atoms with E-state index in [4.69, 9.17) is 10.00 Å². The second kappa shape index (κ2) is 12.2. The summed E-state index contributed by atoms with van der Waals surface area (Å²) in [5, 5.41) is 20.2. The largest absolute Gasteiger partial charge is 0.416 e. The molecule has 3 heterocycles. The van der Waals surface area contributed by atoms with Crippen LogP contribution in [0.2, 0.25) is 0 Å². The van der Waals surface area contributed by atoms with Gasteiger partial charge in [-0.2, -0.15) is 5.26 Å². The fourth-order valence-electron chi connectivity index (χ4n) is 6.01. The van der Waals surface area contributed by atoms with Crippen LogP contribution in [0.5, 0.6) is 5.75 Å². The molecular weight excluding hydrogens is 549 g/mol. The van der Waals surface area contributed by atoms with Crippen molar-refractivity contribution in [2.75, 3.05) is 37.6 Å². The number of carbonyl (C=O) groups is 2. The van der Waals surface area contributed by atoms with Crippen LogP contribution >= 0.6 is 0 Å². The van der Waals surface area contributed by atoms with Gasteiger partial charge in [0.15, 0.2) is 28.9 Å². The number of piperidine rings is 1. The van der Waals surface area contributed by atoms with Crippen LogP contribution in [-0.2, 0) is 4.79 Å². The summed E-state index contributed by atoms with van der Waals surface area (Å²) in [5.74, 6) is -3.20. The first-order valence-electron chi connectivity index (χ1n) is 13.7. The number of halogens is 3. The number of nitrogens with zero attached hydrogens (tertiary/aromatic N) is 5. The van der Waals surface area contributed by atoms with Gasteiger partial charge in [-0.25, -0.2) is 18.0 Å². The zero-order valence-electron chi connectivity index (χ0n) is 22.9. The van der Waals surface area contributed by atoms with Crippen LogP contribution in [0, 0.1) is 34.7 Å². The van der Waals surface area contributed by atoms with E-state index in [2.05, 4.69) is 15.5 Å². The maximum Gasteiger partial charge on any atom is 0.416 e. The second-order valence-electron chi connectivity index (χ2n) is 10.4. The second-order valence-corrected chi connectivity index (χ2v) is 10.4. The van der Waals surface area contributed by atoms with Crippen molar-refractivity contribution in [3.63, 3.8) is 0 Å². The number of likely N-dealkylation sites (N-methyl/N-ethyl adjacent to an activating group) is 1. The Morgan fingerprint density at radius 3 is 2.43 bits per heavy atom. The van der Waals surface area contributed by atoms with Gasteiger partial charge in [0.1, 0.15) is 23.2 Å². The van der Waals surface area contributed by atoms with Crippen LogP contribution in [0.3, 0.4) is 0 Å². The number of aromatic nitrogens is 2. The zero-order chi connectivity index (χ0) is 29.9. The summed E-state index contributed by atoms with van der Waals surface area (Å²) in [6, 6.07) is 13.7. The fraction of sp³-hybridized carbons (Fsp3) is 0.367. The molecule has 9 nitrogen and oxygen atoms in total. The molecule has 2 saturated heterocycles. The lowest BCUT2D eigenvalue weighted by Crippen LogP contribution is -2.64. The van der Waals surface area contributed by atoms with Gasteiger partial charge in [-0.1, -0.05) is 6.07 Å². The third-order valence-corrected chi connectivity index (χ3v) is 8.08. The molecule has 42 heavy (non-hydrogen) atoms. The first kappa shape index (κ1) is 29.0. The summed E-state index contributed by atoms with van der Waals surface area (Å²) < 4.78 is 47.3. The Kier molecular flexibility index (Phi) is 8.40. The topological polar surface area (TPSA) is 111 Å². The highest BCUT2D eigenvalue weighted by Gasteiger charge is 2.57. The number of hydrogen-bond donors (Lipinski definition) is 1. The van der Waals surface area contributed by atoms with Crippen molar-refractivity contribution in [1.82, 2.24) is 20.4 Å². The van der Waals surface area contributed by atoms with Crippen molar-refractivity contribution >= 4 is 17.7 Å². The lowest BCUT2D eigenvalue weighted by Gasteiger charge is -2.45. The fourth-order valence-corrected chi connectivity index (χ4v) is 6.01. The van der Waals surface area contributed by atoms with Crippen LogP contribution in [0.15, 0.2) is 54.6 Å². The van der Waals surface area contributed by atoms with Crippen molar-refractivity contribution in [3.05, 3.63) is 83.3 Å². The number of anilines is 1. The molecule has 2 fully saturated rings. The summed E-state index contributed by atoms with van der Waals surface area (Å²) in [6.07, 6.45) is 0.105. The predicted molar refractivity (Wildman–Crippen MR) is 146 cm³/mol. The Hall–Kier alpha value is -4.50. The molecule has 1 N–H and O–H groups in total. The van der Waals surface area contributed by atoms with Gasteiger partial charge in [-0.3, -0.25) is 9.69 Å². The number of ketones is 1. The van der Waals surface area contributed by atoms with E-state index in [-0.39, 0.29) is 36.9 Å². The van der Waals surface area contributed by atoms with Gasteiger partial charge in [0.05, 0.1) is 0 Å². The van der Waals surface area contributed by atoms with Gasteiger partial charge in [-0.05, 0) is 73.9 Å². The minimum Gasteiger partial charge on any atom is -0.410 e. The maximum absolute atomic E-state index is 14.6. The number of benzene rings is 2. The van der Waals surface area contributed by atoms with Crippen molar-refractivity contribution in [2.45, 2.75) is 31.2 Å². The molecular formula is C30H29F3N6O3. The molecule has 3 aromatic rings. The van der Waals surface area contributed by atoms with Gasteiger partial charge in [-0.15, -0.1) is 10.2 Å². The number of rotatable bonds is 7. The lowest BCUT2D eigenvalue weighted by atomic mass is 9.71. The smallest absolute Gasteiger partial charge is 0.410 e. The maximum atomic E-state index is 14.6. The normalized spacial score (nSPS) is 20.6. The molecule has 12 heteroatoms. The van der Waals surface area contributed by atoms with Crippen LogP contribution in [0.1, 0.15) is 36.9 Å². The number of carbonyl (C=O) groups excluding carboxylic acids is 2. The minimum absolute atomic E-state index is 0.0865. The van der Waals surface area contributed by atoms with E-state index in [1.54, 1.807) is 19.1 Å². The van der Waals surface area contributed by atoms with E-state index in [9.17, 15) is 22.8 Å². The Labute approximate surface area is 240 Å². The number of ether oxygens (including phenoxy) is 1.